The molecule has 0 spiro atoms. The molecule has 0 aliphatic carbocycles. The summed E-state index contributed by atoms with van der Waals surface area (Å²) in [7, 11) is 4.02. The van der Waals surface area contributed by atoms with Gasteiger partial charge in [0.25, 0.3) is 0 Å². The van der Waals surface area contributed by atoms with Gasteiger partial charge in [-0.3, -0.25) is 0 Å². The molecule has 0 bridgehead atoms. The first kappa shape index (κ1) is 15.3. The number of benzene rings is 1. The number of pyridine rings is 1. The molecule has 2 rings (SSSR count). The molecule has 110 valence electrons. The molecule has 0 amide bonds. The van der Waals surface area contributed by atoms with Crippen molar-refractivity contribution >= 4 is 34.4 Å². The number of nitrogens with one attached hydrogen (secondary N) is 1. The number of nitrogens with two attached hydrogens (primary N) is 1. The Morgan fingerprint density at radius 2 is 1.95 bits per heavy atom. The summed E-state index contributed by atoms with van der Waals surface area (Å²) in [5, 5.41) is 3.33. The van der Waals surface area contributed by atoms with Crippen LogP contribution in [0.1, 0.15) is 16.8 Å². The maximum Gasteiger partial charge on any atom is 0.141 e. The number of hydrogen-bond acceptors (Lipinski definition) is 4. The van der Waals surface area contributed by atoms with E-state index in [1.165, 1.54) is 0 Å². The van der Waals surface area contributed by atoms with Gasteiger partial charge in [0.2, 0.25) is 0 Å². The summed E-state index contributed by atoms with van der Waals surface area (Å²) >= 11 is 5.15. The molecule has 21 heavy (non-hydrogen) atoms. The summed E-state index contributed by atoms with van der Waals surface area (Å²) in [6.45, 7) is 3.95. The van der Waals surface area contributed by atoms with E-state index >= 15 is 0 Å². The van der Waals surface area contributed by atoms with E-state index in [9.17, 15) is 0 Å². The Morgan fingerprint density at radius 1 is 1.24 bits per heavy atom. The molecular formula is C16H20N4S. The molecule has 0 atom stereocenters. The summed E-state index contributed by atoms with van der Waals surface area (Å²) in [6.07, 6.45) is 0. The van der Waals surface area contributed by atoms with E-state index in [2.05, 4.69) is 27.3 Å². The lowest BCUT2D eigenvalue weighted by molar-refractivity contribution is 1.13. The van der Waals surface area contributed by atoms with Crippen LogP contribution in [-0.2, 0) is 0 Å². The zero-order valence-electron chi connectivity index (χ0n) is 12.8. The van der Waals surface area contributed by atoms with Crippen LogP contribution in [0, 0.1) is 13.8 Å². The molecule has 1 aromatic carbocycles. The number of thiocarbonyl (C=S) groups is 1. The summed E-state index contributed by atoms with van der Waals surface area (Å²) in [6, 6.07) is 10.1. The molecule has 0 fully saturated rings. The first-order valence-corrected chi connectivity index (χ1v) is 7.12. The Morgan fingerprint density at radius 3 is 2.57 bits per heavy atom. The lowest BCUT2D eigenvalue weighted by Crippen LogP contribution is -2.15. The molecule has 1 heterocycles. The fourth-order valence-electron chi connectivity index (χ4n) is 2.24. The van der Waals surface area contributed by atoms with Crippen LogP contribution in [0.5, 0.6) is 0 Å². The summed E-state index contributed by atoms with van der Waals surface area (Å²) in [5.74, 6) is 0.705. The number of hydrogen-bond donors (Lipinski definition) is 2. The molecular weight excluding hydrogens is 280 g/mol. The molecule has 0 aliphatic rings. The number of anilines is 3. The predicted octanol–water partition coefficient (Wildman–Crippen LogP) is 3.14. The minimum absolute atomic E-state index is 0.353. The van der Waals surface area contributed by atoms with Crippen LogP contribution >= 0.6 is 12.2 Å². The van der Waals surface area contributed by atoms with Crippen LogP contribution in [0.15, 0.2) is 30.3 Å². The van der Waals surface area contributed by atoms with Crippen LogP contribution in [-0.4, -0.2) is 24.1 Å². The first-order chi connectivity index (χ1) is 9.88. The third-order valence-electron chi connectivity index (χ3n) is 3.22. The standard InChI is InChI=1S/C16H20N4S/c1-10-8-11(2)18-16(14(10)15(17)21)19-12-6-5-7-13(9-12)20(3)4/h5-9H,1-4H3,(H2,17,21)(H,18,19). The SMILES string of the molecule is Cc1cc(C)c(C(N)=S)c(Nc2cccc(N(C)C)c2)n1. The first-order valence-electron chi connectivity index (χ1n) is 6.71. The lowest BCUT2D eigenvalue weighted by atomic mass is 10.1. The van der Waals surface area contributed by atoms with E-state index < -0.39 is 0 Å². The third-order valence-corrected chi connectivity index (χ3v) is 3.42. The minimum Gasteiger partial charge on any atom is -0.389 e. The van der Waals surface area contributed by atoms with Crippen LogP contribution in [0.2, 0.25) is 0 Å². The van der Waals surface area contributed by atoms with E-state index in [-0.39, 0.29) is 0 Å². The van der Waals surface area contributed by atoms with Crippen LogP contribution in [0.3, 0.4) is 0 Å². The molecule has 0 radical (unpaired) electrons. The van der Waals surface area contributed by atoms with Crippen LogP contribution in [0.4, 0.5) is 17.2 Å². The van der Waals surface area contributed by atoms with E-state index in [0.29, 0.717) is 10.8 Å². The van der Waals surface area contributed by atoms with Gasteiger partial charge >= 0.3 is 0 Å². The summed E-state index contributed by atoms with van der Waals surface area (Å²) in [5.41, 5.74) is 10.7. The minimum atomic E-state index is 0.353. The third kappa shape index (κ3) is 3.49. The van der Waals surface area contributed by atoms with Gasteiger partial charge in [-0.1, -0.05) is 18.3 Å². The Kier molecular flexibility index (Phi) is 4.43. The second kappa shape index (κ2) is 6.10. The molecule has 0 aliphatic heterocycles. The second-order valence-corrected chi connectivity index (χ2v) is 5.68. The van der Waals surface area contributed by atoms with E-state index in [0.717, 1.165) is 28.2 Å². The maximum atomic E-state index is 5.84. The van der Waals surface area contributed by atoms with Gasteiger partial charge in [-0.15, -0.1) is 0 Å². The number of aryl methyl sites for hydroxylation is 2. The summed E-state index contributed by atoms with van der Waals surface area (Å²) < 4.78 is 0. The fraction of sp³-hybridized carbons (Fsp3) is 0.250. The van der Waals surface area contributed by atoms with Crippen molar-refractivity contribution in [2.45, 2.75) is 13.8 Å². The highest BCUT2D eigenvalue weighted by atomic mass is 32.1. The van der Waals surface area contributed by atoms with E-state index in [1.807, 2.05) is 46.1 Å². The van der Waals surface area contributed by atoms with Crippen molar-refractivity contribution in [3.63, 3.8) is 0 Å². The molecule has 0 saturated heterocycles. The highest BCUT2D eigenvalue weighted by molar-refractivity contribution is 7.80. The molecule has 5 heteroatoms. The van der Waals surface area contributed by atoms with E-state index in [1.54, 1.807) is 0 Å². The van der Waals surface area contributed by atoms with Gasteiger partial charge in [0.05, 0.1) is 5.56 Å². The number of nitrogens with zero attached hydrogens (tertiary/aromatic N) is 2. The summed E-state index contributed by atoms with van der Waals surface area (Å²) in [4.78, 5) is 6.94. The normalized spacial score (nSPS) is 10.3. The zero-order valence-corrected chi connectivity index (χ0v) is 13.6. The molecule has 0 saturated carbocycles. The Labute approximate surface area is 131 Å². The number of rotatable bonds is 4. The van der Waals surface area contributed by atoms with Gasteiger partial charge in [-0.25, -0.2) is 4.98 Å². The van der Waals surface area contributed by atoms with Crippen molar-refractivity contribution in [3.05, 3.63) is 47.2 Å². The van der Waals surface area contributed by atoms with Crippen molar-refractivity contribution in [1.29, 1.82) is 0 Å². The molecule has 4 nitrogen and oxygen atoms in total. The maximum absolute atomic E-state index is 5.84. The molecule has 1 aromatic heterocycles. The van der Waals surface area contributed by atoms with Gasteiger partial charge in [0.1, 0.15) is 10.8 Å². The molecule has 3 N–H and O–H groups in total. The van der Waals surface area contributed by atoms with Crippen molar-refractivity contribution in [2.75, 3.05) is 24.3 Å². The second-order valence-electron chi connectivity index (χ2n) is 5.24. The van der Waals surface area contributed by atoms with Crippen molar-refractivity contribution < 1.29 is 0 Å². The average molecular weight is 300 g/mol. The van der Waals surface area contributed by atoms with Gasteiger partial charge in [0, 0.05) is 31.2 Å². The van der Waals surface area contributed by atoms with Crippen molar-refractivity contribution in [1.82, 2.24) is 4.98 Å². The fourth-order valence-corrected chi connectivity index (χ4v) is 2.49. The van der Waals surface area contributed by atoms with E-state index in [4.69, 9.17) is 18.0 Å². The lowest BCUT2D eigenvalue weighted by Gasteiger charge is -2.16. The predicted molar refractivity (Wildman–Crippen MR) is 93.7 cm³/mol. The quantitative estimate of drug-likeness (QED) is 0.850. The Hall–Kier alpha value is -2.14. The molecule has 2 aromatic rings. The van der Waals surface area contributed by atoms with Crippen LogP contribution in [0.25, 0.3) is 0 Å². The van der Waals surface area contributed by atoms with Crippen LogP contribution < -0.4 is 16.0 Å². The van der Waals surface area contributed by atoms with Crippen molar-refractivity contribution in [3.8, 4) is 0 Å². The number of aromatic nitrogens is 1. The monoisotopic (exact) mass is 300 g/mol. The largest absolute Gasteiger partial charge is 0.389 e. The van der Waals surface area contributed by atoms with Crippen molar-refractivity contribution in [2.24, 2.45) is 5.73 Å². The Bertz CT molecular complexity index is 680. The molecule has 0 unspecified atom stereocenters. The van der Waals surface area contributed by atoms with Gasteiger partial charge in [0.15, 0.2) is 0 Å². The topological polar surface area (TPSA) is 54.2 Å². The van der Waals surface area contributed by atoms with Gasteiger partial charge < -0.3 is 16.0 Å². The van der Waals surface area contributed by atoms with Gasteiger partial charge in [-0.05, 0) is 43.7 Å². The highest BCUT2D eigenvalue weighted by Gasteiger charge is 2.12. The Balaban J connectivity index is 2.44. The average Bonchev–Trinajstić information content (AvgIpc) is 2.37. The zero-order chi connectivity index (χ0) is 15.6. The highest BCUT2D eigenvalue weighted by Crippen LogP contribution is 2.25. The van der Waals surface area contributed by atoms with Gasteiger partial charge in [-0.2, -0.15) is 0 Å². The smallest absolute Gasteiger partial charge is 0.141 e.